The largest absolute Gasteiger partial charge is 0.437 e. The number of hydrogen-bond donors (Lipinski definition) is 2. The minimum atomic E-state index is 0.323. The van der Waals surface area contributed by atoms with E-state index >= 15 is 0 Å². The molecular formula is C32H32N6O. The lowest BCUT2D eigenvalue weighted by Crippen LogP contribution is -2.38. The van der Waals surface area contributed by atoms with E-state index < -0.39 is 0 Å². The highest BCUT2D eigenvalue weighted by atomic mass is 16.5. The normalized spacial score (nSPS) is 15.3. The highest BCUT2D eigenvalue weighted by molar-refractivity contribution is 5.92. The molecule has 0 spiro atoms. The van der Waals surface area contributed by atoms with Crippen molar-refractivity contribution >= 4 is 16.7 Å². The summed E-state index contributed by atoms with van der Waals surface area (Å²) < 4.78 is 6.60. The summed E-state index contributed by atoms with van der Waals surface area (Å²) in [5.41, 5.74) is 5.01. The fraction of sp³-hybridized carbons (Fsp3) is 0.250. The van der Waals surface area contributed by atoms with Crippen LogP contribution in [0.15, 0.2) is 85.3 Å². The Morgan fingerprint density at radius 2 is 1.82 bits per heavy atom. The van der Waals surface area contributed by atoms with E-state index in [0.717, 1.165) is 72.4 Å². The number of fused-ring (bicyclic) bond motifs is 1. The fourth-order valence-corrected chi connectivity index (χ4v) is 5.17. The summed E-state index contributed by atoms with van der Waals surface area (Å²) >= 11 is 0. The number of ether oxygens (including phenoxy) is 1. The molecule has 7 heteroatoms. The van der Waals surface area contributed by atoms with Crippen LogP contribution in [0.1, 0.15) is 29.7 Å². The maximum atomic E-state index is 6.60. The van der Waals surface area contributed by atoms with E-state index in [0.29, 0.717) is 17.9 Å². The smallest absolute Gasteiger partial charge is 0.228 e. The van der Waals surface area contributed by atoms with Gasteiger partial charge in [-0.15, -0.1) is 0 Å². The predicted molar refractivity (Wildman–Crippen MR) is 155 cm³/mol. The lowest BCUT2D eigenvalue weighted by atomic mass is 9.97. The molecular weight excluding hydrogens is 484 g/mol. The molecule has 6 rings (SSSR count). The Labute approximate surface area is 228 Å². The van der Waals surface area contributed by atoms with E-state index in [4.69, 9.17) is 9.72 Å². The molecule has 1 aliphatic heterocycles. The van der Waals surface area contributed by atoms with Crippen molar-refractivity contribution in [2.45, 2.75) is 38.6 Å². The Morgan fingerprint density at radius 3 is 2.69 bits per heavy atom. The van der Waals surface area contributed by atoms with Crippen molar-refractivity contribution in [2.75, 3.05) is 18.4 Å². The maximum Gasteiger partial charge on any atom is 0.228 e. The van der Waals surface area contributed by atoms with Gasteiger partial charge in [0.05, 0.1) is 11.3 Å². The Morgan fingerprint density at radius 1 is 0.872 bits per heavy atom. The predicted octanol–water partition coefficient (Wildman–Crippen LogP) is 6.14. The van der Waals surface area contributed by atoms with Crippen LogP contribution in [0.5, 0.6) is 11.6 Å². The summed E-state index contributed by atoms with van der Waals surface area (Å²) in [6.45, 7) is 4.05. The molecule has 1 saturated heterocycles. The molecule has 0 amide bonds. The van der Waals surface area contributed by atoms with Gasteiger partial charge in [0.15, 0.2) is 0 Å². The number of anilines is 1. The third-order valence-electron chi connectivity index (χ3n) is 7.21. The van der Waals surface area contributed by atoms with E-state index in [-0.39, 0.29) is 0 Å². The number of pyridine rings is 2. The number of nitrogens with one attached hydrogen (secondary N) is 2. The Bertz CT molecular complexity index is 1570. The monoisotopic (exact) mass is 516 g/mol. The summed E-state index contributed by atoms with van der Waals surface area (Å²) in [5.74, 6) is 1.96. The molecule has 7 nitrogen and oxygen atoms in total. The minimum Gasteiger partial charge on any atom is -0.437 e. The standard InChI is InChI=1S/C32H32N6O/c1-22-12-15-26-23(13-14-24-8-2-3-18-34-24)7-4-10-27(26)30(22)39-31-28(11-6-19-35-31)29-16-20-36-32(38-29)37-25-9-5-17-33-21-25/h2-4,6-8,10-12,15-16,18-20,25,33H,5,9,13-14,17,21H2,1H3,(H,36,37,38)/t25-/m0/s1. The first kappa shape index (κ1) is 24.9. The van der Waals surface area contributed by atoms with Crippen molar-refractivity contribution in [2.24, 2.45) is 0 Å². The molecule has 0 aliphatic carbocycles. The van der Waals surface area contributed by atoms with Crippen molar-refractivity contribution in [3.8, 4) is 22.9 Å². The summed E-state index contributed by atoms with van der Waals surface area (Å²) in [6.07, 6.45) is 9.43. The summed E-state index contributed by atoms with van der Waals surface area (Å²) in [4.78, 5) is 18.4. The van der Waals surface area contributed by atoms with Gasteiger partial charge in [-0.05, 0) is 86.0 Å². The molecule has 5 aromatic rings. The van der Waals surface area contributed by atoms with E-state index in [1.807, 2.05) is 36.5 Å². The minimum absolute atomic E-state index is 0.323. The zero-order valence-electron chi connectivity index (χ0n) is 22.1. The highest BCUT2D eigenvalue weighted by Gasteiger charge is 2.17. The second-order valence-corrected chi connectivity index (χ2v) is 9.96. The Hall–Kier alpha value is -4.36. The highest BCUT2D eigenvalue weighted by Crippen LogP contribution is 2.37. The molecule has 39 heavy (non-hydrogen) atoms. The van der Waals surface area contributed by atoms with Crippen LogP contribution in [0.4, 0.5) is 5.95 Å². The lowest BCUT2D eigenvalue weighted by molar-refractivity contribution is 0.466. The van der Waals surface area contributed by atoms with Crippen molar-refractivity contribution in [3.63, 3.8) is 0 Å². The van der Waals surface area contributed by atoms with E-state index in [1.54, 1.807) is 12.4 Å². The first-order valence-electron chi connectivity index (χ1n) is 13.6. The maximum absolute atomic E-state index is 6.60. The molecule has 3 aromatic heterocycles. The van der Waals surface area contributed by atoms with Crippen LogP contribution in [-0.2, 0) is 12.8 Å². The van der Waals surface area contributed by atoms with E-state index in [1.165, 1.54) is 10.9 Å². The molecule has 1 atom stereocenters. The quantitative estimate of drug-likeness (QED) is 0.256. The van der Waals surface area contributed by atoms with Crippen LogP contribution < -0.4 is 15.4 Å². The summed E-state index contributed by atoms with van der Waals surface area (Å²) in [5, 5.41) is 9.15. The van der Waals surface area contributed by atoms with Crippen LogP contribution in [0.25, 0.3) is 22.0 Å². The molecule has 1 aliphatic rings. The van der Waals surface area contributed by atoms with Gasteiger partial charge in [-0.3, -0.25) is 4.98 Å². The zero-order valence-corrected chi connectivity index (χ0v) is 22.1. The van der Waals surface area contributed by atoms with Crippen molar-refractivity contribution in [3.05, 3.63) is 102 Å². The van der Waals surface area contributed by atoms with Gasteiger partial charge in [0.2, 0.25) is 11.8 Å². The van der Waals surface area contributed by atoms with Gasteiger partial charge in [-0.1, -0.05) is 36.4 Å². The first-order chi connectivity index (χ1) is 19.2. The van der Waals surface area contributed by atoms with Gasteiger partial charge in [0, 0.05) is 42.3 Å². The van der Waals surface area contributed by atoms with Gasteiger partial charge in [-0.25, -0.2) is 15.0 Å². The van der Waals surface area contributed by atoms with Gasteiger partial charge >= 0.3 is 0 Å². The number of aromatic nitrogens is 4. The molecule has 0 bridgehead atoms. The molecule has 0 saturated carbocycles. The van der Waals surface area contributed by atoms with Gasteiger partial charge in [0.25, 0.3) is 0 Å². The topological polar surface area (TPSA) is 84.9 Å². The number of nitrogens with zero attached hydrogens (tertiary/aromatic N) is 4. The molecule has 4 heterocycles. The number of hydrogen-bond acceptors (Lipinski definition) is 7. The molecule has 196 valence electrons. The second-order valence-electron chi connectivity index (χ2n) is 9.96. The lowest BCUT2D eigenvalue weighted by Gasteiger charge is -2.23. The summed E-state index contributed by atoms with van der Waals surface area (Å²) in [7, 11) is 0. The molecule has 2 N–H and O–H groups in total. The van der Waals surface area contributed by atoms with Crippen LogP contribution in [0.2, 0.25) is 0 Å². The van der Waals surface area contributed by atoms with Gasteiger partial charge in [-0.2, -0.15) is 0 Å². The van der Waals surface area contributed by atoms with Gasteiger partial charge < -0.3 is 15.4 Å². The molecule has 0 unspecified atom stereocenters. The van der Waals surface area contributed by atoms with Crippen LogP contribution in [-0.4, -0.2) is 39.1 Å². The number of benzene rings is 2. The molecule has 1 fully saturated rings. The first-order valence-corrected chi connectivity index (χ1v) is 13.6. The van der Waals surface area contributed by atoms with Crippen LogP contribution >= 0.6 is 0 Å². The number of aryl methyl sites for hydroxylation is 3. The zero-order chi connectivity index (χ0) is 26.4. The number of rotatable bonds is 8. The third kappa shape index (κ3) is 5.73. The van der Waals surface area contributed by atoms with E-state index in [9.17, 15) is 0 Å². The van der Waals surface area contributed by atoms with E-state index in [2.05, 4.69) is 68.9 Å². The average Bonchev–Trinajstić information content (AvgIpc) is 2.99. The summed E-state index contributed by atoms with van der Waals surface area (Å²) in [6, 6.07) is 22.9. The van der Waals surface area contributed by atoms with Crippen LogP contribution in [0.3, 0.4) is 0 Å². The SMILES string of the molecule is Cc1ccc2c(CCc3ccccn3)cccc2c1Oc1ncccc1-c1ccnc(N[C@H]2CCCNC2)n1. The van der Waals surface area contributed by atoms with Crippen molar-refractivity contribution in [1.29, 1.82) is 0 Å². The fourth-order valence-electron chi connectivity index (χ4n) is 5.17. The van der Waals surface area contributed by atoms with Crippen LogP contribution in [0, 0.1) is 6.92 Å². The molecule has 2 aromatic carbocycles. The molecule has 0 radical (unpaired) electrons. The Kier molecular flexibility index (Phi) is 7.41. The third-order valence-corrected chi connectivity index (χ3v) is 7.21. The average molecular weight is 517 g/mol. The Balaban J connectivity index is 1.30. The van der Waals surface area contributed by atoms with Crippen molar-refractivity contribution in [1.82, 2.24) is 25.3 Å². The second kappa shape index (κ2) is 11.6. The number of piperidine rings is 1. The van der Waals surface area contributed by atoms with Gasteiger partial charge in [0.1, 0.15) is 5.75 Å². The van der Waals surface area contributed by atoms with Crippen molar-refractivity contribution < 1.29 is 4.74 Å².